The first kappa shape index (κ1) is 17.6. The highest BCUT2D eigenvalue weighted by Gasteiger charge is 2.32. The van der Waals surface area contributed by atoms with Crippen LogP contribution in [0.2, 0.25) is 0 Å². The Morgan fingerprint density at radius 3 is 2.23 bits per heavy atom. The van der Waals surface area contributed by atoms with E-state index in [1.165, 1.54) is 25.7 Å². The van der Waals surface area contributed by atoms with Crippen LogP contribution < -0.4 is 5.32 Å². The largest absolute Gasteiger partial charge is 0.444 e. The van der Waals surface area contributed by atoms with Gasteiger partial charge in [-0.25, -0.2) is 4.79 Å². The molecular formula is C18H34N2O2. The van der Waals surface area contributed by atoms with Gasteiger partial charge in [-0.15, -0.1) is 0 Å². The summed E-state index contributed by atoms with van der Waals surface area (Å²) in [5.41, 5.74) is -0.410. The van der Waals surface area contributed by atoms with Gasteiger partial charge in [0.15, 0.2) is 0 Å². The van der Waals surface area contributed by atoms with Crippen LogP contribution in [0, 0.1) is 11.8 Å². The van der Waals surface area contributed by atoms with Crippen LogP contribution in [0.4, 0.5) is 4.79 Å². The van der Waals surface area contributed by atoms with Crippen LogP contribution in [0.15, 0.2) is 0 Å². The van der Waals surface area contributed by atoms with Crippen molar-refractivity contribution in [2.24, 2.45) is 11.8 Å². The standard InChI is InChI=1S/C18H34N2O2/c1-13(15-8-6-9-15)19-14(2)16-10-7-11-20(12-16)17(21)22-18(3,4)5/h13-16,19H,6-12H2,1-5H3. The first-order valence-corrected chi connectivity index (χ1v) is 9.00. The van der Waals surface area contributed by atoms with Crippen LogP contribution in [0.25, 0.3) is 0 Å². The monoisotopic (exact) mass is 310 g/mol. The molecule has 1 heterocycles. The van der Waals surface area contributed by atoms with Gasteiger partial charge in [-0.1, -0.05) is 6.42 Å². The van der Waals surface area contributed by atoms with Crippen LogP contribution in [0.1, 0.15) is 66.7 Å². The number of carbonyl (C=O) groups is 1. The van der Waals surface area contributed by atoms with Gasteiger partial charge in [0.2, 0.25) is 0 Å². The first-order valence-electron chi connectivity index (χ1n) is 9.00. The van der Waals surface area contributed by atoms with Crippen molar-refractivity contribution in [1.82, 2.24) is 10.2 Å². The van der Waals surface area contributed by atoms with Crippen LogP contribution in [-0.2, 0) is 4.74 Å². The highest BCUT2D eigenvalue weighted by molar-refractivity contribution is 5.68. The van der Waals surface area contributed by atoms with Gasteiger partial charge in [0.25, 0.3) is 0 Å². The van der Waals surface area contributed by atoms with E-state index in [0.717, 1.165) is 25.4 Å². The Bertz CT molecular complexity index is 374. The molecule has 3 unspecified atom stereocenters. The molecule has 0 aromatic heterocycles. The van der Waals surface area contributed by atoms with Crippen LogP contribution >= 0.6 is 0 Å². The Labute approximate surface area is 136 Å². The molecular weight excluding hydrogens is 276 g/mol. The topological polar surface area (TPSA) is 41.6 Å². The highest BCUT2D eigenvalue weighted by Crippen LogP contribution is 2.30. The van der Waals surface area contributed by atoms with E-state index in [1.807, 2.05) is 25.7 Å². The zero-order valence-electron chi connectivity index (χ0n) is 15.0. The van der Waals surface area contributed by atoms with Crippen molar-refractivity contribution >= 4 is 6.09 Å². The van der Waals surface area contributed by atoms with Crippen LogP contribution in [0.5, 0.6) is 0 Å². The van der Waals surface area contributed by atoms with Gasteiger partial charge >= 0.3 is 6.09 Å². The molecule has 4 heteroatoms. The number of likely N-dealkylation sites (tertiary alicyclic amines) is 1. The van der Waals surface area contributed by atoms with Crippen molar-refractivity contribution < 1.29 is 9.53 Å². The predicted molar refractivity (Wildman–Crippen MR) is 89.9 cm³/mol. The molecule has 2 rings (SSSR count). The molecule has 1 saturated carbocycles. The number of hydrogen-bond donors (Lipinski definition) is 1. The Kier molecular flexibility index (Phi) is 5.76. The third kappa shape index (κ3) is 4.87. The minimum Gasteiger partial charge on any atom is -0.444 e. The fourth-order valence-electron chi connectivity index (χ4n) is 3.54. The highest BCUT2D eigenvalue weighted by atomic mass is 16.6. The van der Waals surface area contributed by atoms with E-state index in [0.29, 0.717) is 18.0 Å². The minimum absolute atomic E-state index is 0.156. The van der Waals surface area contributed by atoms with Crippen molar-refractivity contribution in [3.05, 3.63) is 0 Å². The van der Waals surface area contributed by atoms with Crippen molar-refractivity contribution in [2.75, 3.05) is 13.1 Å². The third-order valence-corrected chi connectivity index (χ3v) is 5.20. The second kappa shape index (κ2) is 7.20. The van der Waals surface area contributed by atoms with Gasteiger partial charge in [-0.3, -0.25) is 0 Å². The zero-order valence-corrected chi connectivity index (χ0v) is 15.0. The number of carbonyl (C=O) groups excluding carboxylic acids is 1. The fourth-order valence-corrected chi connectivity index (χ4v) is 3.54. The summed E-state index contributed by atoms with van der Waals surface area (Å²) in [5, 5.41) is 3.78. The molecule has 0 bridgehead atoms. The molecule has 2 aliphatic rings. The maximum Gasteiger partial charge on any atom is 0.410 e. The van der Waals surface area contributed by atoms with E-state index in [2.05, 4.69) is 19.2 Å². The average Bonchev–Trinajstić information content (AvgIpc) is 2.34. The molecule has 3 atom stereocenters. The Balaban J connectivity index is 1.82. The summed E-state index contributed by atoms with van der Waals surface area (Å²) in [6, 6.07) is 1.06. The number of rotatable bonds is 4. The lowest BCUT2D eigenvalue weighted by Gasteiger charge is -2.40. The number of amides is 1. The van der Waals surface area contributed by atoms with Crippen molar-refractivity contribution in [3.63, 3.8) is 0 Å². The molecule has 128 valence electrons. The van der Waals surface area contributed by atoms with Gasteiger partial charge in [-0.05, 0) is 72.1 Å². The molecule has 0 radical (unpaired) electrons. The fraction of sp³-hybridized carbons (Fsp3) is 0.944. The normalized spacial score (nSPS) is 26.2. The van der Waals surface area contributed by atoms with E-state index in [4.69, 9.17) is 4.74 Å². The van der Waals surface area contributed by atoms with Crippen LogP contribution in [-0.4, -0.2) is 41.8 Å². The van der Waals surface area contributed by atoms with Crippen LogP contribution in [0.3, 0.4) is 0 Å². The summed E-state index contributed by atoms with van der Waals surface area (Å²) >= 11 is 0. The van der Waals surface area contributed by atoms with E-state index >= 15 is 0 Å². The van der Waals surface area contributed by atoms with E-state index in [1.54, 1.807) is 0 Å². The van der Waals surface area contributed by atoms with Crippen molar-refractivity contribution in [1.29, 1.82) is 0 Å². The second-order valence-corrected chi connectivity index (χ2v) is 8.26. The molecule has 1 aliphatic heterocycles. The quantitative estimate of drug-likeness (QED) is 0.858. The maximum absolute atomic E-state index is 12.3. The molecule has 0 aromatic carbocycles. The number of nitrogens with one attached hydrogen (secondary N) is 1. The smallest absolute Gasteiger partial charge is 0.410 e. The molecule has 22 heavy (non-hydrogen) atoms. The summed E-state index contributed by atoms with van der Waals surface area (Å²) in [4.78, 5) is 14.1. The van der Waals surface area contributed by atoms with E-state index < -0.39 is 5.60 Å². The van der Waals surface area contributed by atoms with E-state index in [-0.39, 0.29) is 6.09 Å². The lowest BCUT2D eigenvalue weighted by molar-refractivity contribution is 0.0143. The summed E-state index contributed by atoms with van der Waals surface area (Å²) in [7, 11) is 0. The lowest BCUT2D eigenvalue weighted by atomic mass is 9.79. The van der Waals surface area contributed by atoms with Gasteiger partial charge in [0.05, 0.1) is 0 Å². The number of ether oxygens (including phenoxy) is 1. The molecule has 2 fully saturated rings. The lowest BCUT2D eigenvalue weighted by Crippen LogP contribution is -2.51. The minimum atomic E-state index is -0.410. The summed E-state index contributed by atoms with van der Waals surface area (Å²) in [5.74, 6) is 1.39. The van der Waals surface area contributed by atoms with Crippen molar-refractivity contribution in [2.45, 2.75) is 84.4 Å². The molecule has 0 aromatic rings. The number of hydrogen-bond acceptors (Lipinski definition) is 3. The SMILES string of the molecule is CC(NC(C)C1CCCN(C(=O)OC(C)(C)C)C1)C1CCC1. The Morgan fingerprint density at radius 2 is 1.68 bits per heavy atom. The summed E-state index contributed by atoms with van der Waals surface area (Å²) < 4.78 is 5.52. The van der Waals surface area contributed by atoms with E-state index in [9.17, 15) is 4.79 Å². The van der Waals surface area contributed by atoms with Gasteiger partial charge in [-0.2, -0.15) is 0 Å². The summed E-state index contributed by atoms with van der Waals surface area (Å²) in [6.07, 6.45) is 6.25. The Hall–Kier alpha value is -0.770. The predicted octanol–water partition coefficient (Wildman–Crippen LogP) is 3.80. The van der Waals surface area contributed by atoms with Crippen molar-refractivity contribution in [3.8, 4) is 0 Å². The number of piperidine rings is 1. The van der Waals surface area contributed by atoms with Gasteiger partial charge < -0.3 is 15.0 Å². The first-order chi connectivity index (χ1) is 10.3. The molecule has 4 nitrogen and oxygen atoms in total. The van der Waals surface area contributed by atoms with Gasteiger partial charge in [0, 0.05) is 25.2 Å². The molecule has 1 N–H and O–H groups in total. The molecule has 0 spiro atoms. The zero-order chi connectivity index (χ0) is 16.3. The third-order valence-electron chi connectivity index (χ3n) is 5.20. The second-order valence-electron chi connectivity index (χ2n) is 8.26. The molecule has 1 amide bonds. The maximum atomic E-state index is 12.3. The summed E-state index contributed by atoms with van der Waals surface area (Å²) in [6.45, 7) is 12.0. The average molecular weight is 310 g/mol. The number of nitrogens with zero attached hydrogens (tertiary/aromatic N) is 1. The van der Waals surface area contributed by atoms with Gasteiger partial charge in [0.1, 0.15) is 5.60 Å². The molecule has 1 aliphatic carbocycles. The molecule has 1 saturated heterocycles. The Morgan fingerprint density at radius 1 is 1.09 bits per heavy atom.